The number of aryl methyl sites for hydroxylation is 1. The quantitative estimate of drug-likeness (QED) is 0.186. The fourth-order valence-electron chi connectivity index (χ4n) is 4.53. The van der Waals surface area contributed by atoms with Gasteiger partial charge in [0.1, 0.15) is 6.54 Å². The molecule has 0 bridgehead atoms. The Hall–Kier alpha value is -0.820. The van der Waals surface area contributed by atoms with Crippen molar-refractivity contribution >= 4 is 0 Å². The highest BCUT2D eigenvalue weighted by molar-refractivity contribution is 5.21. The van der Waals surface area contributed by atoms with Gasteiger partial charge in [-0.1, -0.05) is 116 Å². The van der Waals surface area contributed by atoms with Crippen LogP contribution in [0.5, 0.6) is 0 Å². The lowest BCUT2D eigenvalue weighted by molar-refractivity contribution is -0.906. The predicted octanol–water partition coefficient (Wildman–Crippen LogP) is 8.16. The van der Waals surface area contributed by atoms with Crippen LogP contribution >= 0.6 is 0 Å². The first-order chi connectivity index (χ1) is 13.5. The Bertz CT molecular complexity index is 474. The van der Waals surface area contributed by atoms with Gasteiger partial charge in [0.15, 0.2) is 0 Å². The van der Waals surface area contributed by atoms with E-state index in [9.17, 15) is 0 Å². The van der Waals surface area contributed by atoms with Crippen LogP contribution in [0.3, 0.4) is 0 Å². The molecule has 0 spiro atoms. The molecule has 1 unspecified atom stereocenters. The smallest absolute Gasteiger partial charge is 0.104 e. The highest BCUT2D eigenvalue weighted by Gasteiger charge is 2.19. The molecule has 1 rings (SSSR count). The van der Waals surface area contributed by atoms with Gasteiger partial charge in [-0.05, 0) is 18.4 Å². The molecule has 0 N–H and O–H groups in total. The normalized spacial score (nSPS) is 13.0. The summed E-state index contributed by atoms with van der Waals surface area (Å²) in [5.41, 5.74) is 2.92. The molecule has 0 aromatic heterocycles. The molecule has 1 nitrogen and oxygen atoms in total. The van der Waals surface area contributed by atoms with E-state index in [1.54, 1.807) is 0 Å². The minimum absolute atomic E-state index is 0.823. The summed E-state index contributed by atoms with van der Waals surface area (Å²) in [4.78, 5) is 0. The standard InChI is InChI=1S/C27H50N/c1-6-8-9-10-11-12-13-14-15-16-17-18-25(3)23-28(4,5)24-27-21-19-26(7-2)20-22-27/h19-22,25H,6-18,23-24H2,1-5H3/q+1. The van der Waals surface area contributed by atoms with Crippen LogP contribution in [0.15, 0.2) is 24.3 Å². The summed E-state index contributed by atoms with van der Waals surface area (Å²) < 4.78 is 1.10. The maximum Gasteiger partial charge on any atom is 0.104 e. The lowest BCUT2D eigenvalue weighted by atomic mass is 10.00. The van der Waals surface area contributed by atoms with Gasteiger partial charge in [-0.2, -0.15) is 0 Å². The van der Waals surface area contributed by atoms with Gasteiger partial charge in [0.2, 0.25) is 0 Å². The number of quaternary nitrogens is 1. The average Bonchev–Trinajstić information content (AvgIpc) is 2.66. The highest BCUT2D eigenvalue weighted by Crippen LogP contribution is 2.18. The molecule has 0 aliphatic heterocycles. The molecular formula is C27H50N+. The summed E-state index contributed by atoms with van der Waals surface area (Å²) >= 11 is 0. The van der Waals surface area contributed by atoms with E-state index in [0.717, 1.165) is 23.4 Å². The Kier molecular flexibility index (Phi) is 13.6. The van der Waals surface area contributed by atoms with E-state index >= 15 is 0 Å². The number of benzene rings is 1. The summed E-state index contributed by atoms with van der Waals surface area (Å²) in [5.74, 6) is 0.823. The molecule has 0 aliphatic rings. The zero-order chi connectivity index (χ0) is 20.7. The maximum atomic E-state index is 2.45. The summed E-state index contributed by atoms with van der Waals surface area (Å²) in [7, 11) is 4.79. The van der Waals surface area contributed by atoms with Crippen LogP contribution in [0.4, 0.5) is 0 Å². The number of rotatable bonds is 17. The first-order valence-electron chi connectivity index (χ1n) is 12.4. The molecule has 0 heterocycles. The third kappa shape index (κ3) is 12.6. The third-order valence-corrected chi connectivity index (χ3v) is 6.15. The molecular weight excluding hydrogens is 338 g/mol. The number of unbranched alkanes of at least 4 members (excludes halogenated alkanes) is 10. The topological polar surface area (TPSA) is 0 Å². The van der Waals surface area contributed by atoms with Crippen molar-refractivity contribution in [2.75, 3.05) is 20.6 Å². The minimum Gasteiger partial charge on any atom is -0.325 e. The van der Waals surface area contributed by atoms with Crippen LogP contribution in [-0.4, -0.2) is 25.1 Å². The summed E-state index contributed by atoms with van der Waals surface area (Å²) in [6.07, 6.45) is 18.4. The minimum atomic E-state index is 0.823. The average molecular weight is 389 g/mol. The van der Waals surface area contributed by atoms with Crippen molar-refractivity contribution in [1.82, 2.24) is 0 Å². The Morgan fingerprint density at radius 1 is 0.679 bits per heavy atom. The fourth-order valence-corrected chi connectivity index (χ4v) is 4.53. The zero-order valence-corrected chi connectivity index (χ0v) is 19.9. The summed E-state index contributed by atoms with van der Waals surface area (Å²) in [6, 6.07) is 9.24. The Morgan fingerprint density at radius 2 is 1.14 bits per heavy atom. The molecule has 0 aliphatic carbocycles. The molecule has 0 radical (unpaired) electrons. The SMILES string of the molecule is CCCCCCCCCCCCCC(C)C[N+](C)(C)Cc1ccc(CC)cc1. The molecule has 1 aromatic rings. The zero-order valence-electron chi connectivity index (χ0n) is 19.9. The Labute approximate surface area is 177 Å². The van der Waals surface area contributed by atoms with Crippen molar-refractivity contribution in [2.24, 2.45) is 5.92 Å². The van der Waals surface area contributed by atoms with Gasteiger partial charge in [0, 0.05) is 11.5 Å². The van der Waals surface area contributed by atoms with Crippen LogP contribution < -0.4 is 0 Å². The van der Waals surface area contributed by atoms with Crippen molar-refractivity contribution in [1.29, 1.82) is 0 Å². The van der Waals surface area contributed by atoms with Crippen LogP contribution in [0.25, 0.3) is 0 Å². The van der Waals surface area contributed by atoms with Crippen molar-refractivity contribution in [3.8, 4) is 0 Å². The molecule has 1 aromatic carbocycles. The number of nitrogens with zero attached hydrogens (tertiary/aromatic N) is 1. The molecule has 0 saturated carbocycles. The van der Waals surface area contributed by atoms with Gasteiger partial charge in [-0.15, -0.1) is 0 Å². The molecule has 162 valence electrons. The van der Waals surface area contributed by atoms with E-state index in [4.69, 9.17) is 0 Å². The Morgan fingerprint density at radius 3 is 1.64 bits per heavy atom. The molecule has 28 heavy (non-hydrogen) atoms. The van der Waals surface area contributed by atoms with Gasteiger partial charge in [0.05, 0.1) is 20.6 Å². The van der Waals surface area contributed by atoms with Crippen LogP contribution in [0.2, 0.25) is 0 Å². The van der Waals surface area contributed by atoms with E-state index in [1.165, 1.54) is 94.7 Å². The first kappa shape index (κ1) is 25.2. The summed E-state index contributed by atoms with van der Waals surface area (Å²) in [6.45, 7) is 9.41. The van der Waals surface area contributed by atoms with Crippen molar-refractivity contribution in [3.05, 3.63) is 35.4 Å². The van der Waals surface area contributed by atoms with Gasteiger partial charge < -0.3 is 4.48 Å². The second-order valence-corrected chi connectivity index (χ2v) is 9.88. The van der Waals surface area contributed by atoms with E-state index in [0.29, 0.717) is 0 Å². The largest absolute Gasteiger partial charge is 0.325 e. The number of hydrogen-bond acceptors (Lipinski definition) is 0. The number of hydrogen-bond donors (Lipinski definition) is 0. The second-order valence-electron chi connectivity index (χ2n) is 9.88. The van der Waals surface area contributed by atoms with Crippen molar-refractivity contribution < 1.29 is 4.48 Å². The lowest BCUT2D eigenvalue weighted by Crippen LogP contribution is -2.42. The van der Waals surface area contributed by atoms with Crippen LogP contribution in [0.1, 0.15) is 109 Å². The van der Waals surface area contributed by atoms with Crippen LogP contribution in [-0.2, 0) is 13.0 Å². The molecule has 1 heteroatoms. The van der Waals surface area contributed by atoms with E-state index in [2.05, 4.69) is 59.1 Å². The van der Waals surface area contributed by atoms with E-state index in [1.807, 2.05) is 0 Å². The molecule has 1 atom stereocenters. The second kappa shape index (κ2) is 15.1. The van der Waals surface area contributed by atoms with Gasteiger partial charge in [-0.3, -0.25) is 0 Å². The van der Waals surface area contributed by atoms with Crippen molar-refractivity contribution in [3.63, 3.8) is 0 Å². The van der Waals surface area contributed by atoms with E-state index < -0.39 is 0 Å². The molecule has 0 saturated heterocycles. The van der Waals surface area contributed by atoms with Crippen molar-refractivity contribution in [2.45, 2.75) is 111 Å². The van der Waals surface area contributed by atoms with Crippen LogP contribution in [0, 0.1) is 5.92 Å². The monoisotopic (exact) mass is 388 g/mol. The maximum absolute atomic E-state index is 2.45. The van der Waals surface area contributed by atoms with Gasteiger partial charge >= 0.3 is 0 Å². The molecule has 0 amide bonds. The summed E-state index contributed by atoms with van der Waals surface area (Å²) in [5, 5.41) is 0. The van der Waals surface area contributed by atoms with Gasteiger partial charge in [-0.25, -0.2) is 0 Å². The lowest BCUT2D eigenvalue weighted by Gasteiger charge is -2.32. The van der Waals surface area contributed by atoms with Gasteiger partial charge in [0.25, 0.3) is 0 Å². The predicted molar refractivity (Wildman–Crippen MR) is 127 cm³/mol. The van der Waals surface area contributed by atoms with E-state index in [-0.39, 0.29) is 0 Å². The Balaban J connectivity index is 2.07. The molecule has 0 fully saturated rings. The fraction of sp³-hybridized carbons (Fsp3) is 0.778. The third-order valence-electron chi connectivity index (χ3n) is 6.15. The highest BCUT2D eigenvalue weighted by atomic mass is 15.3. The first-order valence-corrected chi connectivity index (χ1v) is 12.4.